The van der Waals surface area contributed by atoms with Gasteiger partial charge in [-0.05, 0) is 29.5 Å². The first-order valence-electron chi connectivity index (χ1n) is 9.43. The van der Waals surface area contributed by atoms with Gasteiger partial charge >= 0.3 is 0 Å². The molecule has 2 nitrogen and oxygen atoms in total. The van der Waals surface area contributed by atoms with E-state index >= 15 is 0 Å². The number of hydrogen-bond acceptors (Lipinski definition) is 1. The van der Waals surface area contributed by atoms with Crippen molar-refractivity contribution in [2.45, 2.75) is 39.2 Å². The molecule has 0 N–H and O–H groups in total. The molecule has 0 bridgehead atoms. The lowest BCUT2D eigenvalue weighted by molar-refractivity contribution is -0.683. The van der Waals surface area contributed by atoms with Crippen LogP contribution in [0, 0.1) is 0 Å². The van der Waals surface area contributed by atoms with Gasteiger partial charge in [0.25, 0.3) is 0 Å². The average molecular weight is 344 g/mol. The molecule has 0 saturated heterocycles. The third-order valence-electron chi connectivity index (χ3n) is 4.67. The van der Waals surface area contributed by atoms with Crippen LogP contribution in [-0.2, 0) is 13.0 Å². The van der Waals surface area contributed by atoms with E-state index in [0.717, 1.165) is 17.5 Å². The van der Waals surface area contributed by atoms with E-state index in [1.165, 1.54) is 30.4 Å². The lowest BCUT2D eigenvalue weighted by Crippen LogP contribution is -2.37. The molecule has 2 heteroatoms. The number of unbranched alkanes of at least 4 members (excludes halogenated alkanes) is 2. The first kappa shape index (κ1) is 18.1. The molecule has 3 aromatic rings. The Bertz CT molecular complexity index is 820. The first-order chi connectivity index (χ1) is 12.8. The maximum atomic E-state index is 12.5. The molecular formula is C24H26NO+. The van der Waals surface area contributed by atoms with Gasteiger partial charge in [-0.25, -0.2) is 0 Å². The number of benzene rings is 2. The Morgan fingerprint density at radius 2 is 1.46 bits per heavy atom. The molecule has 1 heterocycles. The Kier molecular flexibility index (Phi) is 6.32. The van der Waals surface area contributed by atoms with Crippen LogP contribution in [0.15, 0.2) is 79.1 Å². The zero-order valence-corrected chi connectivity index (χ0v) is 15.4. The molecular weight excluding hydrogens is 318 g/mol. The van der Waals surface area contributed by atoms with Crippen molar-refractivity contribution in [2.75, 3.05) is 0 Å². The number of aromatic nitrogens is 1. The van der Waals surface area contributed by atoms with E-state index < -0.39 is 0 Å². The minimum atomic E-state index is 0.133. The Labute approximate surface area is 156 Å². The fraction of sp³-hybridized carbons (Fsp3) is 0.250. The zero-order valence-electron chi connectivity index (χ0n) is 15.4. The van der Waals surface area contributed by atoms with Crippen LogP contribution in [0.4, 0.5) is 0 Å². The maximum Gasteiger partial charge on any atom is 0.227 e. The second-order valence-corrected chi connectivity index (χ2v) is 6.70. The Morgan fingerprint density at radius 3 is 2.12 bits per heavy atom. The highest BCUT2D eigenvalue weighted by atomic mass is 16.1. The highest BCUT2D eigenvalue weighted by molar-refractivity contribution is 5.95. The third kappa shape index (κ3) is 4.89. The van der Waals surface area contributed by atoms with Crippen LogP contribution in [0.1, 0.15) is 42.1 Å². The summed E-state index contributed by atoms with van der Waals surface area (Å²) in [6.07, 6.45) is 8.88. The lowest BCUT2D eigenvalue weighted by Gasteiger charge is -2.04. The highest BCUT2D eigenvalue weighted by Gasteiger charge is 2.12. The van der Waals surface area contributed by atoms with E-state index in [-0.39, 0.29) is 5.78 Å². The zero-order chi connectivity index (χ0) is 18.2. The summed E-state index contributed by atoms with van der Waals surface area (Å²) in [5.41, 5.74) is 4.39. The summed E-state index contributed by atoms with van der Waals surface area (Å²) in [6, 6.07) is 22.3. The predicted molar refractivity (Wildman–Crippen MR) is 106 cm³/mol. The Balaban J connectivity index is 1.61. The summed E-state index contributed by atoms with van der Waals surface area (Å²) in [4.78, 5) is 12.5. The molecule has 0 spiro atoms. The van der Waals surface area contributed by atoms with Crippen molar-refractivity contribution in [3.63, 3.8) is 0 Å². The van der Waals surface area contributed by atoms with Gasteiger partial charge in [-0.15, -0.1) is 0 Å². The van der Waals surface area contributed by atoms with Crippen molar-refractivity contribution < 1.29 is 9.36 Å². The standard InChI is InChI=1S/C24H26NO/c1-2-3-5-8-20-15-17-25(18-16-20)19-24(26)23-13-11-22(12-14-23)21-9-6-4-7-10-21/h4,6-7,9-18H,2-3,5,8,19H2,1H3/q+1. The molecule has 0 amide bonds. The molecule has 0 radical (unpaired) electrons. The molecule has 2 aromatic carbocycles. The number of carbonyl (C=O) groups is 1. The van der Waals surface area contributed by atoms with Crippen LogP contribution < -0.4 is 4.57 Å². The Hall–Kier alpha value is -2.74. The molecule has 132 valence electrons. The Morgan fingerprint density at radius 1 is 0.808 bits per heavy atom. The van der Waals surface area contributed by atoms with Crippen LogP contribution in [-0.4, -0.2) is 5.78 Å². The second-order valence-electron chi connectivity index (χ2n) is 6.70. The number of nitrogens with zero attached hydrogens (tertiary/aromatic N) is 1. The van der Waals surface area contributed by atoms with E-state index in [1.807, 2.05) is 59.4 Å². The SMILES string of the molecule is CCCCCc1cc[n+](CC(=O)c2ccc(-c3ccccc3)cc2)cc1. The molecule has 0 saturated carbocycles. The summed E-state index contributed by atoms with van der Waals surface area (Å²) in [5, 5.41) is 0. The number of Topliss-reactive ketones (excluding diaryl/α,β-unsaturated/α-hetero) is 1. The summed E-state index contributed by atoms with van der Waals surface area (Å²) in [6.45, 7) is 2.59. The quantitative estimate of drug-likeness (QED) is 0.310. The van der Waals surface area contributed by atoms with Gasteiger partial charge in [0.1, 0.15) is 0 Å². The largest absolute Gasteiger partial charge is 0.287 e. The number of pyridine rings is 1. The summed E-state index contributed by atoms with van der Waals surface area (Å²) in [7, 11) is 0. The number of hydrogen-bond donors (Lipinski definition) is 0. The molecule has 0 aliphatic carbocycles. The molecule has 0 aliphatic rings. The fourth-order valence-corrected chi connectivity index (χ4v) is 3.08. The summed E-state index contributed by atoms with van der Waals surface area (Å²) < 4.78 is 1.96. The fourth-order valence-electron chi connectivity index (χ4n) is 3.08. The van der Waals surface area contributed by atoms with Crippen LogP contribution in [0.3, 0.4) is 0 Å². The number of carbonyl (C=O) groups excluding carboxylic acids is 1. The van der Waals surface area contributed by atoms with E-state index in [0.29, 0.717) is 6.54 Å². The predicted octanol–water partition coefficient (Wildman–Crippen LogP) is 5.26. The minimum absolute atomic E-state index is 0.133. The van der Waals surface area contributed by atoms with Crippen molar-refractivity contribution in [1.29, 1.82) is 0 Å². The van der Waals surface area contributed by atoms with E-state index in [1.54, 1.807) is 0 Å². The molecule has 26 heavy (non-hydrogen) atoms. The topological polar surface area (TPSA) is 20.9 Å². The van der Waals surface area contributed by atoms with Gasteiger partial charge < -0.3 is 0 Å². The van der Waals surface area contributed by atoms with Gasteiger partial charge in [-0.1, -0.05) is 74.4 Å². The van der Waals surface area contributed by atoms with Crippen molar-refractivity contribution in [3.8, 4) is 11.1 Å². The van der Waals surface area contributed by atoms with Crippen LogP contribution in [0.5, 0.6) is 0 Å². The molecule has 3 rings (SSSR count). The van der Waals surface area contributed by atoms with Gasteiger partial charge in [0.15, 0.2) is 12.4 Å². The minimum Gasteiger partial charge on any atom is -0.287 e. The number of aryl methyl sites for hydroxylation is 1. The molecule has 1 aromatic heterocycles. The van der Waals surface area contributed by atoms with Crippen molar-refractivity contribution in [2.24, 2.45) is 0 Å². The average Bonchev–Trinajstić information content (AvgIpc) is 2.70. The smallest absolute Gasteiger partial charge is 0.227 e. The summed E-state index contributed by atoms with van der Waals surface area (Å²) >= 11 is 0. The van der Waals surface area contributed by atoms with Gasteiger partial charge in [0, 0.05) is 17.7 Å². The van der Waals surface area contributed by atoms with Gasteiger partial charge in [-0.2, -0.15) is 4.57 Å². The van der Waals surface area contributed by atoms with Crippen molar-refractivity contribution in [1.82, 2.24) is 0 Å². The normalized spacial score (nSPS) is 10.7. The van der Waals surface area contributed by atoms with Crippen LogP contribution >= 0.6 is 0 Å². The number of rotatable bonds is 8. The number of ketones is 1. The lowest BCUT2D eigenvalue weighted by atomic mass is 10.0. The van der Waals surface area contributed by atoms with E-state index in [9.17, 15) is 4.79 Å². The van der Waals surface area contributed by atoms with Gasteiger partial charge in [0.05, 0.1) is 0 Å². The van der Waals surface area contributed by atoms with Crippen molar-refractivity contribution >= 4 is 5.78 Å². The van der Waals surface area contributed by atoms with E-state index in [4.69, 9.17) is 0 Å². The first-order valence-corrected chi connectivity index (χ1v) is 9.43. The van der Waals surface area contributed by atoms with E-state index in [2.05, 4.69) is 31.2 Å². The summed E-state index contributed by atoms with van der Waals surface area (Å²) in [5.74, 6) is 0.133. The van der Waals surface area contributed by atoms with Crippen LogP contribution in [0.25, 0.3) is 11.1 Å². The third-order valence-corrected chi connectivity index (χ3v) is 4.67. The van der Waals surface area contributed by atoms with Gasteiger partial charge in [0.2, 0.25) is 12.3 Å². The van der Waals surface area contributed by atoms with Crippen molar-refractivity contribution in [3.05, 3.63) is 90.3 Å². The van der Waals surface area contributed by atoms with Gasteiger partial charge in [-0.3, -0.25) is 4.79 Å². The molecule has 0 unspecified atom stereocenters. The maximum absolute atomic E-state index is 12.5. The molecule has 0 fully saturated rings. The molecule has 0 aliphatic heterocycles. The molecule has 0 atom stereocenters. The highest BCUT2D eigenvalue weighted by Crippen LogP contribution is 2.19. The second kappa shape index (κ2) is 9.10. The van der Waals surface area contributed by atoms with Crippen LogP contribution in [0.2, 0.25) is 0 Å². The monoisotopic (exact) mass is 344 g/mol.